The summed E-state index contributed by atoms with van der Waals surface area (Å²) in [7, 11) is 0. The van der Waals surface area contributed by atoms with Crippen LogP contribution in [0.4, 0.5) is 0 Å². The number of nitrogens with one attached hydrogen (secondary N) is 1. The van der Waals surface area contributed by atoms with E-state index in [1.165, 1.54) is 0 Å². The molecule has 0 aliphatic carbocycles. The zero-order valence-electron chi connectivity index (χ0n) is 7.70. The van der Waals surface area contributed by atoms with Crippen molar-refractivity contribution in [3.05, 3.63) is 36.4 Å². The zero-order valence-corrected chi connectivity index (χ0v) is 7.70. The van der Waals surface area contributed by atoms with E-state index in [1.807, 2.05) is 36.4 Å². The van der Waals surface area contributed by atoms with Gasteiger partial charge in [-0.15, -0.1) is 0 Å². The predicted octanol–water partition coefficient (Wildman–Crippen LogP) is 1.63. The largest absolute Gasteiger partial charge is 0.316 e. The summed E-state index contributed by atoms with van der Waals surface area (Å²) in [6, 6.07) is 12.0. The van der Waals surface area contributed by atoms with Crippen molar-refractivity contribution in [1.29, 1.82) is 0 Å². The van der Waals surface area contributed by atoms with Gasteiger partial charge in [0.15, 0.2) is 0 Å². The van der Waals surface area contributed by atoms with Gasteiger partial charge >= 0.3 is 0 Å². The van der Waals surface area contributed by atoms with Crippen molar-refractivity contribution in [1.82, 2.24) is 5.32 Å². The molecule has 0 atom stereocenters. The van der Waals surface area contributed by atoms with Gasteiger partial charge in [0.1, 0.15) is 5.78 Å². The van der Waals surface area contributed by atoms with E-state index >= 15 is 0 Å². The van der Waals surface area contributed by atoms with Crippen LogP contribution in [0, 0.1) is 0 Å². The Morgan fingerprint density at radius 3 is 1.46 bits per heavy atom. The molecule has 70 valence electrons. The van der Waals surface area contributed by atoms with Gasteiger partial charge in [-0.2, -0.15) is 0 Å². The number of benzene rings is 1. The van der Waals surface area contributed by atoms with Crippen LogP contribution >= 0.6 is 0 Å². The van der Waals surface area contributed by atoms with Crippen molar-refractivity contribution >= 4 is 5.78 Å². The zero-order chi connectivity index (χ0) is 9.36. The summed E-state index contributed by atoms with van der Waals surface area (Å²) in [6.07, 6.45) is 1.47. The lowest BCUT2D eigenvalue weighted by atomic mass is 10.1. The predicted molar refractivity (Wildman–Crippen MR) is 53.6 cm³/mol. The number of carbonyl (C=O) groups is 1. The molecule has 0 amide bonds. The summed E-state index contributed by atoms with van der Waals surface area (Å²) in [4.78, 5) is 10.4. The fourth-order valence-corrected chi connectivity index (χ4v) is 1.09. The molecule has 13 heavy (non-hydrogen) atoms. The Bertz CT molecular complexity index is 198. The van der Waals surface area contributed by atoms with E-state index < -0.39 is 0 Å². The lowest BCUT2D eigenvalue weighted by Gasteiger charge is -2.08. The molecule has 1 aliphatic rings. The highest BCUT2D eigenvalue weighted by molar-refractivity contribution is 5.79. The molecule has 0 radical (unpaired) electrons. The second kappa shape index (κ2) is 6.38. The topological polar surface area (TPSA) is 29.1 Å². The standard InChI is InChI=1S/C6H6.C5H9NO/c1-2-4-6-5-3-1;7-5-1-3-6-4-2-5/h1-6H;6H,1-4H2. The van der Waals surface area contributed by atoms with E-state index in [4.69, 9.17) is 0 Å². The highest BCUT2D eigenvalue weighted by Crippen LogP contribution is 1.91. The van der Waals surface area contributed by atoms with Gasteiger partial charge < -0.3 is 5.32 Å². The van der Waals surface area contributed by atoms with Crippen LogP contribution < -0.4 is 5.32 Å². The number of Topliss-reactive ketones (excluding diaryl/α,β-unsaturated/α-hetero) is 1. The molecule has 1 heterocycles. The molecule has 0 bridgehead atoms. The second-order valence-electron chi connectivity index (χ2n) is 2.94. The summed E-state index contributed by atoms with van der Waals surface area (Å²) in [6.45, 7) is 1.78. The highest BCUT2D eigenvalue weighted by Gasteiger charge is 2.04. The summed E-state index contributed by atoms with van der Waals surface area (Å²) >= 11 is 0. The third kappa shape index (κ3) is 5.15. The van der Waals surface area contributed by atoms with Gasteiger partial charge in [0.25, 0.3) is 0 Å². The molecular formula is C11H15NO. The smallest absolute Gasteiger partial charge is 0.135 e. The first-order chi connectivity index (χ1) is 6.39. The van der Waals surface area contributed by atoms with Crippen molar-refractivity contribution in [2.75, 3.05) is 13.1 Å². The van der Waals surface area contributed by atoms with Gasteiger partial charge in [0.05, 0.1) is 0 Å². The Hall–Kier alpha value is -1.15. The van der Waals surface area contributed by atoms with E-state index in [1.54, 1.807) is 0 Å². The summed E-state index contributed by atoms with van der Waals surface area (Å²) in [5.41, 5.74) is 0. The molecule has 2 rings (SSSR count). The first-order valence-corrected chi connectivity index (χ1v) is 4.62. The molecule has 0 unspecified atom stereocenters. The van der Waals surface area contributed by atoms with Crippen molar-refractivity contribution in [2.45, 2.75) is 12.8 Å². The fourth-order valence-electron chi connectivity index (χ4n) is 1.09. The lowest BCUT2D eigenvalue weighted by molar-refractivity contribution is -0.119. The van der Waals surface area contributed by atoms with Gasteiger partial charge in [0.2, 0.25) is 0 Å². The first-order valence-electron chi connectivity index (χ1n) is 4.62. The number of piperidine rings is 1. The fraction of sp³-hybridized carbons (Fsp3) is 0.364. The van der Waals surface area contributed by atoms with E-state index in [9.17, 15) is 4.79 Å². The van der Waals surface area contributed by atoms with Crippen molar-refractivity contribution in [3.63, 3.8) is 0 Å². The molecule has 1 saturated heterocycles. The molecule has 2 heteroatoms. The average Bonchev–Trinajstić information content (AvgIpc) is 2.22. The second-order valence-corrected chi connectivity index (χ2v) is 2.94. The minimum atomic E-state index is 0.402. The van der Waals surface area contributed by atoms with Crippen molar-refractivity contribution in [2.24, 2.45) is 0 Å². The van der Waals surface area contributed by atoms with Gasteiger partial charge in [-0.1, -0.05) is 36.4 Å². The van der Waals surface area contributed by atoms with Crippen LogP contribution in [-0.2, 0) is 4.79 Å². The van der Waals surface area contributed by atoms with E-state index in [2.05, 4.69) is 5.32 Å². The van der Waals surface area contributed by atoms with Crippen LogP contribution in [0.1, 0.15) is 12.8 Å². The van der Waals surface area contributed by atoms with Crippen molar-refractivity contribution in [3.8, 4) is 0 Å². The van der Waals surface area contributed by atoms with Crippen LogP contribution in [0.2, 0.25) is 0 Å². The molecular weight excluding hydrogens is 162 g/mol. The van der Waals surface area contributed by atoms with Crippen LogP contribution in [0.25, 0.3) is 0 Å². The maximum absolute atomic E-state index is 10.4. The Kier molecular flexibility index (Phi) is 4.87. The molecule has 1 fully saturated rings. The van der Waals surface area contributed by atoms with Crippen LogP contribution in [-0.4, -0.2) is 18.9 Å². The van der Waals surface area contributed by atoms with Crippen LogP contribution in [0.5, 0.6) is 0 Å². The van der Waals surface area contributed by atoms with Crippen molar-refractivity contribution < 1.29 is 4.79 Å². The molecule has 1 aromatic carbocycles. The monoisotopic (exact) mass is 177 g/mol. The average molecular weight is 177 g/mol. The molecule has 0 spiro atoms. The van der Waals surface area contributed by atoms with Crippen LogP contribution in [0.15, 0.2) is 36.4 Å². The quantitative estimate of drug-likeness (QED) is 0.652. The minimum Gasteiger partial charge on any atom is -0.316 e. The SMILES string of the molecule is O=C1CCNCC1.c1ccccc1. The summed E-state index contributed by atoms with van der Waals surface area (Å²) < 4.78 is 0. The molecule has 0 aromatic heterocycles. The molecule has 1 aromatic rings. The summed E-state index contributed by atoms with van der Waals surface area (Å²) in [5.74, 6) is 0.402. The molecule has 0 saturated carbocycles. The Balaban J connectivity index is 0.000000132. The highest BCUT2D eigenvalue weighted by atomic mass is 16.1. The molecule has 1 aliphatic heterocycles. The number of carbonyl (C=O) groups excluding carboxylic acids is 1. The Morgan fingerprint density at radius 2 is 1.23 bits per heavy atom. The Labute approximate surface area is 79.0 Å². The molecule has 1 N–H and O–H groups in total. The third-order valence-electron chi connectivity index (χ3n) is 1.83. The van der Waals surface area contributed by atoms with E-state index in [0.29, 0.717) is 5.78 Å². The van der Waals surface area contributed by atoms with E-state index in [-0.39, 0.29) is 0 Å². The molecule has 2 nitrogen and oxygen atoms in total. The normalized spacial score (nSPS) is 15.8. The minimum absolute atomic E-state index is 0.402. The number of rotatable bonds is 0. The van der Waals surface area contributed by atoms with E-state index in [0.717, 1.165) is 25.9 Å². The maximum atomic E-state index is 10.4. The van der Waals surface area contributed by atoms with Gasteiger partial charge in [0, 0.05) is 25.9 Å². The number of ketones is 1. The maximum Gasteiger partial charge on any atom is 0.135 e. The van der Waals surface area contributed by atoms with Gasteiger partial charge in [-0.25, -0.2) is 0 Å². The number of hydrogen-bond donors (Lipinski definition) is 1. The van der Waals surface area contributed by atoms with Gasteiger partial charge in [-0.3, -0.25) is 4.79 Å². The van der Waals surface area contributed by atoms with Gasteiger partial charge in [-0.05, 0) is 0 Å². The third-order valence-corrected chi connectivity index (χ3v) is 1.83. The first kappa shape index (κ1) is 9.93. The number of hydrogen-bond acceptors (Lipinski definition) is 2. The Morgan fingerprint density at radius 1 is 0.846 bits per heavy atom. The summed E-state index contributed by atoms with van der Waals surface area (Å²) in [5, 5.41) is 3.09. The van der Waals surface area contributed by atoms with Crippen LogP contribution in [0.3, 0.4) is 0 Å². The lowest BCUT2D eigenvalue weighted by Crippen LogP contribution is -2.27.